The molecule has 0 aliphatic rings. The number of hydrogen-bond acceptors (Lipinski definition) is 5. The van der Waals surface area contributed by atoms with Gasteiger partial charge in [-0.2, -0.15) is 5.26 Å². The number of nitrogens with zero attached hydrogens (tertiary/aromatic N) is 3. The van der Waals surface area contributed by atoms with Crippen molar-refractivity contribution in [2.24, 2.45) is 11.8 Å². The molecule has 2 aromatic rings. The Hall–Kier alpha value is -3.86. The third-order valence-corrected chi connectivity index (χ3v) is 6.54. The summed E-state index contributed by atoms with van der Waals surface area (Å²) in [5, 5.41) is 14.9. The molecule has 190 valence electrons. The number of aryl methyl sites for hydroxylation is 1. The molecule has 8 heteroatoms. The van der Waals surface area contributed by atoms with E-state index in [1.165, 1.54) is 18.5 Å². The first-order chi connectivity index (χ1) is 17.1. The van der Waals surface area contributed by atoms with Crippen molar-refractivity contribution in [1.29, 1.82) is 5.26 Å². The van der Waals surface area contributed by atoms with Crippen molar-refractivity contribution >= 4 is 11.8 Å². The SMILES string of the molecule is C=CC(C)C(CCC(C)/C(C)=C(\C)C#N)NC(=O)c1cc(C(=O)NCc2ccc(F)c(C)c2)ncn1. The number of amides is 2. The number of benzene rings is 1. The quantitative estimate of drug-likeness (QED) is 0.338. The molecule has 1 aromatic carbocycles. The zero-order valence-corrected chi connectivity index (χ0v) is 21.6. The van der Waals surface area contributed by atoms with Gasteiger partial charge in [-0.3, -0.25) is 9.59 Å². The molecule has 3 unspecified atom stereocenters. The molecule has 0 spiro atoms. The van der Waals surface area contributed by atoms with E-state index in [9.17, 15) is 14.0 Å². The molecule has 1 aromatic heterocycles. The van der Waals surface area contributed by atoms with Crippen LogP contribution in [0.25, 0.3) is 0 Å². The number of hydrogen-bond donors (Lipinski definition) is 2. The Morgan fingerprint density at radius 1 is 1.14 bits per heavy atom. The van der Waals surface area contributed by atoms with Crippen LogP contribution in [0.2, 0.25) is 0 Å². The van der Waals surface area contributed by atoms with Gasteiger partial charge >= 0.3 is 0 Å². The Balaban J connectivity index is 2.06. The Bertz CT molecular complexity index is 1180. The van der Waals surface area contributed by atoms with Gasteiger partial charge in [-0.1, -0.05) is 37.6 Å². The summed E-state index contributed by atoms with van der Waals surface area (Å²) in [6, 6.07) is 7.96. The Kier molecular flexibility index (Phi) is 10.5. The summed E-state index contributed by atoms with van der Waals surface area (Å²) in [5.74, 6) is -0.980. The van der Waals surface area contributed by atoms with Crippen molar-refractivity contribution in [2.75, 3.05) is 0 Å². The molecule has 0 saturated heterocycles. The van der Waals surface area contributed by atoms with E-state index in [4.69, 9.17) is 5.26 Å². The largest absolute Gasteiger partial charge is 0.347 e. The predicted octanol–water partition coefficient (Wildman–Crippen LogP) is 5.05. The maximum Gasteiger partial charge on any atom is 0.270 e. The van der Waals surface area contributed by atoms with Crippen molar-refractivity contribution < 1.29 is 14.0 Å². The second-order valence-electron chi connectivity index (χ2n) is 9.13. The number of carbonyl (C=O) groups is 2. The molecule has 0 radical (unpaired) electrons. The van der Waals surface area contributed by atoms with Crippen molar-refractivity contribution in [2.45, 2.75) is 60.0 Å². The molecule has 2 amide bonds. The standard InChI is InChI=1S/C28H34FN5O2/c1-7-17(2)24(11-8-18(3)21(6)20(5)14-30)34-28(36)26-13-25(32-16-33-26)27(35)31-15-22-9-10-23(29)19(4)12-22/h7,9-10,12-13,16-18,24H,1,8,11,15H2,2-6H3,(H,31,35)(H,34,36)/b21-20+. The van der Waals surface area contributed by atoms with Crippen LogP contribution in [0, 0.1) is 35.9 Å². The Morgan fingerprint density at radius 3 is 2.42 bits per heavy atom. The number of rotatable bonds is 11. The molecular formula is C28H34FN5O2. The Labute approximate surface area is 212 Å². The highest BCUT2D eigenvalue weighted by atomic mass is 19.1. The molecular weight excluding hydrogens is 457 g/mol. The van der Waals surface area contributed by atoms with Gasteiger partial charge in [0.15, 0.2) is 0 Å². The molecule has 2 rings (SSSR count). The first-order valence-electron chi connectivity index (χ1n) is 11.9. The van der Waals surface area contributed by atoms with Gasteiger partial charge in [0.2, 0.25) is 0 Å². The first kappa shape index (κ1) is 28.4. The number of allylic oxidation sites excluding steroid dienone is 2. The van der Waals surface area contributed by atoms with Crippen molar-refractivity contribution in [3.63, 3.8) is 0 Å². The van der Waals surface area contributed by atoms with E-state index in [1.54, 1.807) is 32.1 Å². The maximum absolute atomic E-state index is 13.5. The Morgan fingerprint density at radius 2 is 1.81 bits per heavy atom. The highest BCUT2D eigenvalue weighted by Gasteiger charge is 2.21. The lowest BCUT2D eigenvalue weighted by atomic mass is 9.89. The summed E-state index contributed by atoms with van der Waals surface area (Å²) in [6.45, 7) is 13.5. The highest BCUT2D eigenvalue weighted by molar-refractivity contribution is 5.97. The average Bonchev–Trinajstić information content (AvgIpc) is 2.89. The summed E-state index contributed by atoms with van der Waals surface area (Å²) < 4.78 is 13.5. The molecule has 0 bridgehead atoms. The zero-order valence-electron chi connectivity index (χ0n) is 21.6. The molecule has 0 saturated carbocycles. The van der Waals surface area contributed by atoms with Crippen molar-refractivity contribution in [3.05, 3.63) is 82.7 Å². The van der Waals surface area contributed by atoms with Gasteiger partial charge < -0.3 is 10.6 Å². The lowest BCUT2D eigenvalue weighted by Gasteiger charge is -2.25. The van der Waals surface area contributed by atoms with Crippen LogP contribution in [0.3, 0.4) is 0 Å². The topological polar surface area (TPSA) is 108 Å². The second kappa shape index (κ2) is 13.3. The molecule has 0 fully saturated rings. The van der Waals surface area contributed by atoms with Crippen LogP contribution >= 0.6 is 0 Å². The summed E-state index contributed by atoms with van der Waals surface area (Å²) in [6.07, 6.45) is 4.44. The van der Waals surface area contributed by atoms with E-state index < -0.39 is 11.8 Å². The number of aromatic nitrogens is 2. The van der Waals surface area contributed by atoms with Gasteiger partial charge in [0.25, 0.3) is 11.8 Å². The molecule has 0 aliphatic heterocycles. The van der Waals surface area contributed by atoms with Crippen LogP contribution < -0.4 is 10.6 Å². The minimum atomic E-state index is -0.464. The van der Waals surface area contributed by atoms with Crippen molar-refractivity contribution in [3.8, 4) is 6.07 Å². The third kappa shape index (κ3) is 7.84. The summed E-state index contributed by atoms with van der Waals surface area (Å²) in [7, 11) is 0. The third-order valence-electron chi connectivity index (χ3n) is 6.54. The number of carbonyl (C=O) groups excluding carboxylic acids is 2. The molecule has 1 heterocycles. The van der Waals surface area contributed by atoms with E-state index >= 15 is 0 Å². The number of nitriles is 1. The smallest absolute Gasteiger partial charge is 0.270 e. The zero-order chi connectivity index (χ0) is 26.8. The van der Waals surface area contributed by atoms with Crippen LogP contribution in [0.15, 0.2) is 54.4 Å². The molecule has 7 nitrogen and oxygen atoms in total. The van der Waals surface area contributed by atoms with Crippen molar-refractivity contribution in [1.82, 2.24) is 20.6 Å². The monoisotopic (exact) mass is 491 g/mol. The van der Waals surface area contributed by atoms with E-state index in [0.717, 1.165) is 17.6 Å². The van der Waals surface area contributed by atoms with E-state index in [2.05, 4.69) is 40.2 Å². The molecule has 3 atom stereocenters. The van der Waals surface area contributed by atoms with Crippen LogP contribution in [-0.4, -0.2) is 27.8 Å². The van der Waals surface area contributed by atoms with Crippen LogP contribution in [0.1, 0.15) is 72.6 Å². The predicted molar refractivity (Wildman–Crippen MR) is 137 cm³/mol. The van der Waals surface area contributed by atoms with E-state index in [-0.39, 0.29) is 41.6 Å². The molecule has 0 aliphatic carbocycles. The number of nitrogens with one attached hydrogen (secondary N) is 2. The van der Waals surface area contributed by atoms with Gasteiger partial charge in [0.05, 0.1) is 6.07 Å². The van der Waals surface area contributed by atoms with Crippen LogP contribution in [-0.2, 0) is 6.54 Å². The number of halogens is 1. The van der Waals surface area contributed by atoms with Crippen LogP contribution in [0.5, 0.6) is 0 Å². The van der Waals surface area contributed by atoms with E-state index in [1.807, 2.05) is 13.8 Å². The van der Waals surface area contributed by atoms with Gasteiger partial charge in [-0.25, -0.2) is 14.4 Å². The normalized spacial score (nSPS) is 14.0. The van der Waals surface area contributed by atoms with Gasteiger partial charge in [-0.15, -0.1) is 6.58 Å². The summed E-state index contributed by atoms with van der Waals surface area (Å²) >= 11 is 0. The lowest BCUT2D eigenvalue weighted by Crippen LogP contribution is -2.39. The fraction of sp³-hybridized carbons (Fsp3) is 0.393. The van der Waals surface area contributed by atoms with Gasteiger partial charge in [0.1, 0.15) is 23.5 Å². The average molecular weight is 492 g/mol. The minimum absolute atomic E-state index is 0.00581. The summed E-state index contributed by atoms with van der Waals surface area (Å²) in [5.41, 5.74) is 3.13. The van der Waals surface area contributed by atoms with Crippen LogP contribution in [0.4, 0.5) is 4.39 Å². The van der Waals surface area contributed by atoms with Gasteiger partial charge in [0, 0.05) is 24.2 Å². The minimum Gasteiger partial charge on any atom is -0.347 e. The van der Waals surface area contributed by atoms with Gasteiger partial charge in [-0.05, 0) is 62.6 Å². The van der Waals surface area contributed by atoms with E-state index in [0.29, 0.717) is 17.6 Å². The molecule has 36 heavy (non-hydrogen) atoms. The fourth-order valence-corrected chi connectivity index (χ4v) is 3.67. The first-order valence-corrected chi connectivity index (χ1v) is 11.9. The lowest BCUT2D eigenvalue weighted by molar-refractivity contribution is 0.0919. The highest BCUT2D eigenvalue weighted by Crippen LogP contribution is 2.22. The second-order valence-corrected chi connectivity index (χ2v) is 9.13. The summed E-state index contributed by atoms with van der Waals surface area (Å²) in [4.78, 5) is 33.6. The fourth-order valence-electron chi connectivity index (χ4n) is 3.67. The maximum atomic E-state index is 13.5. The molecule has 2 N–H and O–H groups in total.